The van der Waals surface area contributed by atoms with Gasteiger partial charge in [-0.3, -0.25) is 4.89 Å². The normalized spacial score (nSPS) is 17.2. The minimum absolute atomic E-state index is 0.142. The number of rotatable bonds is 10. The fourth-order valence-corrected chi connectivity index (χ4v) is 3.83. The molecule has 0 saturated carbocycles. The lowest BCUT2D eigenvalue weighted by atomic mass is 10.00. The van der Waals surface area contributed by atoms with Gasteiger partial charge < -0.3 is 9.47 Å². The van der Waals surface area contributed by atoms with Gasteiger partial charge >= 0.3 is 5.97 Å². The third kappa shape index (κ3) is 7.58. The lowest BCUT2D eigenvalue weighted by Crippen LogP contribution is -2.22. The molecule has 3 rings (SSSR count). The van der Waals surface area contributed by atoms with Crippen molar-refractivity contribution in [2.45, 2.75) is 58.0 Å². The highest BCUT2D eigenvalue weighted by Crippen LogP contribution is 2.27. The number of aryl methyl sites for hydroxylation is 1. The zero-order chi connectivity index (χ0) is 22.1. The predicted octanol–water partition coefficient (Wildman–Crippen LogP) is 6.22. The highest BCUT2D eigenvalue weighted by molar-refractivity contribution is 9.10. The van der Waals surface area contributed by atoms with Gasteiger partial charge in [-0.15, -0.1) is 0 Å². The van der Waals surface area contributed by atoms with Gasteiger partial charge in [0.2, 0.25) is 0 Å². The first-order chi connectivity index (χ1) is 15.0. The van der Waals surface area contributed by atoms with Crippen LogP contribution in [0.1, 0.15) is 55.4 Å². The SMILES string of the molecule is C=C(C)C(=O)OO[C@H](CCc1ccccc1Br)c1cccc(COC2CCCCO2)c1. The van der Waals surface area contributed by atoms with Crippen molar-refractivity contribution in [3.05, 3.63) is 81.8 Å². The van der Waals surface area contributed by atoms with E-state index in [1.165, 1.54) is 0 Å². The Bertz CT molecular complexity index is 876. The van der Waals surface area contributed by atoms with Crippen molar-refractivity contribution in [3.63, 3.8) is 0 Å². The van der Waals surface area contributed by atoms with Crippen LogP contribution in [0.5, 0.6) is 0 Å². The quantitative estimate of drug-likeness (QED) is 0.225. The Morgan fingerprint density at radius 3 is 2.81 bits per heavy atom. The molecule has 1 saturated heterocycles. The molecule has 6 heteroatoms. The Morgan fingerprint density at radius 2 is 2.06 bits per heavy atom. The Morgan fingerprint density at radius 1 is 1.23 bits per heavy atom. The van der Waals surface area contributed by atoms with E-state index in [1.54, 1.807) is 6.92 Å². The van der Waals surface area contributed by atoms with Gasteiger partial charge in [-0.1, -0.05) is 65.0 Å². The molecule has 0 spiro atoms. The highest BCUT2D eigenvalue weighted by Gasteiger charge is 2.19. The second-order valence-corrected chi connectivity index (χ2v) is 8.57. The van der Waals surface area contributed by atoms with E-state index in [2.05, 4.69) is 28.6 Å². The second-order valence-electron chi connectivity index (χ2n) is 7.72. The van der Waals surface area contributed by atoms with E-state index in [0.717, 1.165) is 53.5 Å². The Hall–Kier alpha value is -1.99. The van der Waals surface area contributed by atoms with E-state index in [1.807, 2.05) is 42.5 Å². The summed E-state index contributed by atoms with van der Waals surface area (Å²) in [6.07, 6.45) is 3.99. The zero-order valence-electron chi connectivity index (χ0n) is 17.8. The maximum atomic E-state index is 11.9. The van der Waals surface area contributed by atoms with Crippen LogP contribution in [0.15, 0.2) is 65.2 Å². The van der Waals surface area contributed by atoms with Crippen LogP contribution in [0.2, 0.25) is 0 Å². The van der Waals surface area contributed by atoms with Crippen LogP contribution in [0.25, 0.3) is 0 Å². The molecular formula is C25H29BrO5. The summed E-state index contributed by atoms with van der Waals surface area (Å²) >= 11 is 3.59. The van der Waals surface area contributed by atoms with E-state index < -0.39 is 12.1 Å². The molecule has 1 aliphatic rings. The van der Waals surface area contributed by atoms with Crippen LogP contribution in [-0.4, -0.2) is 18.9 Å². The average molecular weight is 489 g/mol. The topological polar surface area (TPSA) is 54.0 Å². The Labute approximate surface area is 192 Å². The number of hydrogen-bond acceptors (Lipinski definition) is 5. The molecule has 5 nitrogen and oxygen atoms in total. The summed E-state index contributed by atoms with van der Waals surface area (Å²) in [5.74, 6) is -0.570. The van der Waals surface area contributed by atoms with Crippen molar-refractivity contribution in [1.82, 2.24) is 0 Å². The van der Waals surface area contributed by atoms with E-state index in [0.29, 0.717) is 18.6 Å². The third-order valence-corrected chi connectivity index (χ3v) is 5.89. The van der Waals surface area contributed by atoms with Crippen LogP contribution in [-0.2, 0) is 37.1 Å². The first-order valence-corrected chi connectivity index (χ1v) is 11.4. The van der Waals surface area contributed by atoms with Crippen molar-refractivity contribution < 1.29 is 24.0 Å². The number of benzene rings is 2. The first kappa shape index (κ1) is 23.7. The van der Waals surface area contributed by atoms with Crippen molar-refractivity contribution in [2.24, 2.45) is 0 Å². The molecule has 0 bridgehead atoms. The Balaban J connectivity index is 1.68. The van der Waals surface area contributed by atoms with Gasteiger partial charge in [-0.2, -0.15) is 4.89 Å². The lowest BCUT2D eigenvalue weighted by Gasteiger charge is -2.23. The van der Waals surface area contributed by atoms with E-state index in [4.69, 9.17) is 19.2 Å². The Kier molecular flexibility index (Phi) is 9.28. The summed E-state index contributed by atoms with van der Waals surface area (Å²) in [5, 5.41) is 0. The van der Waals surface area contributed by atoms with Gasteiger partial charge in [0.05, 0.1) is 6.61 Å². The summed E-state index contributed by atoms with van der Waals surface area (Å²) in [7, 11) is 0. The van der Waals surface area contributed by atoms with Crippen molar-refractivity contribution >= 4 is 21.9 Å². The third-order valence-electron chi connectivity index (χ3n) is 5.12. The predicted molar refractivity (Wildman–Crippen MR) is 122 cm³/mol. The average Bonchev–Trinajstić information content (AvgIpc) is 2.79. The van der Waals surface area contributed by atoms with E-state index >= 15 is 0 Å². The van der Waals surface area contributed by atoms with Crippen LogP contribution < -0.4 is 0 Å². The maximum Gasteiger partial charge on any atom is 0.368 e. The molecule has 31 heavy (non-hydrogen) atoms. The number of hydrogen-bond donors (Lipinski definition) is 0. The lowest BCUT2D eigenvalue weighted by molar-refractivity contribution is -0.298. The van der Waals surface area contributed by atoms with Crippen LogP contribution in [0, 0.1) is 0 Å². The number of halogens is 1. The van der Waals surface area contributed by atoms with Gasteiger partial charge in [-0.05, 0) is 61.8 Å². The molecule has 1 aliphatic heterocycles. The molecule has 1 heterocycles. The van der Waals surface area contributed by atoms with Crippen molar-refractivity contribution in [2.75, 3.05) is 6.61 Å². The van der Waals surface area contributed by atoms with Crippen molar-refractivity contribution in [3.8, 4) is 0 Å². The molecule has 166 valence electrons. The van der Waals surface area contributed by atoms with Crippen molar-refractivity contribution in [1.29, 1.82) is 0 Å². The molecule has 2 aromatic carbocycles. The molecule has 1 fully saturated rings. The molecule has 0 amide bonds. The summed E-state index contributed by atoms with van der Waals surface area (Å²) in [4.78, 5) is 22.5. The number of carbonyl (C=O) groups excluding carboxylic acids is 1. The molecule has 0 aromatic heterocycles. The van der Waals surface area contributed by atoms with Gasteiger partial charge in [-0.25, -0.2) is 4.79 Å². The molecule has 1 unspecified atom stereocenters. The molecular weight excluding hydrogens is 460 g/mol. The highest BCUT2D eigenvalue weighted by atomic mass is 79.9. The van der Waals surface area contributed by atoms with E-state index in [9.17, 15) is 4.79 Å². The first-order valence-electron chi connectivity index (χ1n) is 10.6. The standard InChI is InChI=1S/C25H29BrO5/c1-18(2)25(27)31-30-23(14-13-20-9-3-4-11-22(20)26)21-10-7-8-19(16-21)17-29-24-12-5-6-15-28-24/h3-4,7-11,16,23-24H,1,5-6,12-15,17H2,2H3/t23-,24?/m1/s1. The monoisotopic (exact) mass is 488 g/mol. The smallest absolute Gasteiger partial charge is 0.353 e. The summed E-state index contributed by atoms with van der Waals surface area (Å²) in [6, 6.07) is 16.0. The van der Waals surface area contributed by atoms with Crippen LogP contribution in [0.4, 0.5) is 0 Å². The number of ether oxygens (including phenoxy) is 2. The van der Waals surface area contributed by atoms with Gasteiger partial charge in [0.15, 0.2) is 6.29 Å². The zero-order valence-corrected chi connectivity index (χ0v) is 19.4. The summed E-state index contributed by atoms with van der Waals surface area (Å²) in [6.45, 7) is 6.41. The molecule has 0 aliphatic carbocycles. The van der Waals surface area contributed by atoms with Crippen LogP contribution >= 0.6 is 15.9 Å². The van der Waals surface area contributed by atoms with E-state index in [-0.39, 0.29) is 6.29 Å². The summed E-state index contributed by atoms with van der Waals surface area (Å²) < 4.78 is 12.6. The fraction of sp³-hybridized carbons (Fsp3) is 0.400. The minimum Gasteiger partial charge on any atom is -0.353 e. The van der Waals surface area contributed by atoms with Gasteiger partial charge in [0, 0.05) is 16.7 Å². The summed E-state index contributed by atoms with van der Waals surface area (Å²) in [5.41, 5.74) is 3.40. The fourth-order valence-electron chi connectivity index (χ4n) is 3.35. The largest absolute Gasteiger partial charge is 0.368 e. The maximum absolute atomic E-state index is 11.9. The number of carbonyl (C=O) groups is 1. The minimum atomic E-state index is -0.570. The molecule has 2 atom stereocenters. The molecule has 0 radical (unpaired) electrons. The molecule has 0 N–H and O–H groups in total. The van der Waals surface area contributed by atoms with Crippen LogP contribution in [0.3, 0.4) is 0 Å². The second kappa shape index (κ2) is 12.2. The van der Waals surface area contributed by atoms with Gasteiger partial charge in [0.25, 0.3) is 0 Å². The molecule has 2 aromatic rings. The van der Waals surface area contributed by atoms with Gasteiger partial charge in [0.1, 0.15) is 6.10 Å².